The third-order valence-corrected chi connectivity index (χ3v) is 10.4. The number of pyridine rings is 1. The molecular formula is C47H36N6. The highest BCUT2D eigenvalue weighted by Crippen LogP contribution is 2.53. The van der Waals surface area contributed by atoms with Gasteiger partial charge < -0.3 is 15.5 Å². The van der Waals surface area contributed by atoms with Crippen LogP contribution in [0, 0.1) is 0 Å². The maximum atomic E-state index is 5.05. The smallest absolute Gasteiger partial charge is 0.131 e. The van der Waals surface area contributed by atoms with Crippen LogP contribution in [0.25, 0.3) is 32.7 Å². The van der Waals surface area contributed by atoms with Crippen LogP contribution in [-0.2, 0) is 0 Å². The standard InChI is InChI=1S/C47H36N6/c1-4-12-33(13-5-1)44-50-45(34-14-6-2-7-15-34)52-46(51-44)35-24-20-31(21-25-35)32-22-26-36(27-23-32)47-49-42-41-30-48-29-28-39(41)38-18-10-11-19-40(38)43(42)53(47)37-16-8-3-9-17-37/h1-30,44,46-47,49,51H,(H,50,52). The highest BCUT2D eigenvalue weighted by molar-refractivity contribution is 6.22. The summed E-state index contributed by atoms with van der Waals surface area (Å²) in [5.74, 6) is 0.882. The van der Waals surface area contributed by atoms with Crippen LogP contribution >= 0.6 is 0 Å². The molecule has 0 saturated heterocycles. The summed E-state index contributed by atoms with van der Waals surface area (Å²) in [4.78, 5) is 12.0. The Kier molecular flexibility index (Phi) is 7.66. The fourth-order valence-corrected chi connectivity index (χ4v) is 7.85. The first-order valence-corrected chi connectivity index (χ1v) is 18.1. The summed E-state index contributed by atoms with van der Waals surface area (Å²) < 4.78 is 0. The number of rotatable bonds is 6. The second-order valence-electron chi connectivity index (χ2n) is 13.6. The number of anilines is 3. The number of aliphatic imine (C=N–C) groups is 1. The molecule has 2 aliphatic heterocycles. The number of hydrogen-bond acceptors (Lipinski definition) is 6. The topological polar surface area (TPSA) is 64.6 Å². The van der Waals surface area contributed by atoms with Gasteiger partial charge in [-0.15, -0.1) is 0 Å². The molecule has 0 spiro atoms. The van der Waals surface area contributed by atoms with E-state index in [9.17, 15) is 0 Å². The predicted molar refractivity (Wildman–Crippen MR) is 217 cm³/mol. The van der Waals surface area contributed by atoms with Gasteiger partial charge >= 0.3 is 0 Å². The Morgan fingerprint density at radius 2 is 1.08 bits per heavy atom. The summed E-state index contributed by atoms with van der Waals surface area (Å²) in [6.45, 7) is 0. The average Bonchev–Trinajstić information content (AvgIpc) is 3.66. The minimum absolute atomic E-state index is 0.0977. The fraction of sp³-hybridized carbons (Fsp3) is 0.0638. The Morgan fingerprint density at radius 3 is 1.79 bits per heavy atom. The number of nitrogens with one attached hydrogen (secondary N) is 3. The molecule has 2 aliphatic rings. The zero-order valence-corrected chi connectivity index (χ0v) is 28.9. The molecule has 3 N–H and O–H groups in total. The van der Waals surface area contributed by atoms with Crippen LogP contribution in [0.1, 0.15) is 40.8 Å². The van der Waals surface area contributed by atoms with Crippen molar-refractivity contribution in [1.82, 2.24) is 15.6 Å². The van der Waals surface area contributed by atoms with E-state index in [0.29, 0.717) is 0 Å². The molecule has 10 rings (SSSR count). The van der Waals surface area contributed by atoms with Crippen molar-refractivity contribution in [2.45, 2.75) is 18.5 Å². The summed E-state index contributed by atoms with van der Waals surface area (Å²) in [5.41, 5.74) is 10.3. The first-order chi connectivity index (χ1) is 26.3. The molecule has 0 bridgehead atoms. The Labute approximate surface area is 308 Å². The number of aromatic nitrogens is 1. The van der Waals surface area contributed by atoms with E-state index in [-0.39, 0.29) is 18.5 Å². The second kappa shape index (κ2) is 13.1. The van der Waals surface area contributed by atoms with E-state index < -0.39 is 0 Å². The third kappa shape index (κ3) is 5.57. The van der Waals surface area contributed by atoms with Gasteiger partial charge in [-0.2, -0.15) is 0 Å². The number of hydrogen-bond donors (Lipinski definition) is 3. The van der Waals surface area contributed by atoms with E-state index in [1.54, 1.807) is 0 Å². The molecule has 3 unspecified atom stereocenters. The van der Waals surface area contributed by atoms with E-state index in [4.69, 9.17) is 4.99 Å². The molecule has 3 atom stereocenters. The highest BCUT2D eigenvalue weighted by Gasteiger charge is 2.34. The van der Waals surface area contributed by atoms with Gasteiger partial charge in [-0.25, -0.2) is 4.99 Å². The van der Waals surface area contributed by atoms with Gasteiger partial charge in [0, 0.05) is 34.4 Å². The Hall–Kier alpha value is -6.76. The molecule has 8 aromatic rings. The van der Waals surface area contributed by atoms with Crippen LogP contribution in [-0.4, -0.2) is 10.8 Å². The van der Waals surface area contributed by atoms with E-state index in [1.807, 2.05) is 24.5 Å². The molecular weight excluding hydrogens is 649 g/mol. The quantitative estimate of drug-likeness (QED) is 0.152. The van der Waals surface area contributed by atoms with Crippen molar-refractivity contribution < 1.29 is 0 Å². The van der Waals surface area contributed by atoms with Crippen LogP contribution < -0.4 is 20.9 Å². The zero-order valence-electron chi connectivity index (χ0n) is 28.9. The molecule has 0 fully saturated rings. The van der Waals surface area contributed by atoms with Crippen LogP contribution in [0.4, 0.5) is 17.1 Å². The van der Waals surface area contributed by atoms with Gasteiger partial charge in [0.15, 0.2) is 0 Å². The van der Waals surface area contributed by atoms with Crippen molar-refractivity contribution in [3.63, 3.8) is 0 Å². The van der Waals surface area contributed by atoms with Crippen molar-refractivity contribution in [2.75, 3.05) is 10.2 Å². The van der Waals surface area contributed by atoms with Crippen LogP contribution in [0.15, 0.2) is 187 Å². The molecule has 254 valence electrons. The summed E-state index contributed by atoms with van der Waals surface area (Å²) in [6.07, 6.45) is 3.50. The van der Waals surface area contributed by atoms with Gasteiger partial charge in [0.1, 0.15) is 24.3 Å². The average molecular weight is 685 g/mol. The van der Waals surface area contributed by atoms with Crippen molar-refractivity contribution in [1.29, 1.82) is 0 Å². The van der Waals surface area contributed by atoms with Gasteiger partial charge in [-0.3, -0.25) is 10.3 Å². The molecule has 7 aromatic carbocycles. The van der Waals surface area contributed by atoms with Gasteiger partial charge in [0.25, 0.3) is 0 Å². The molecule has 0 amide bonds. The Bertz CT molecular complexity index is 2590. The lowest BCUT2D eigenvalue weighted by molar-refractivity contribution is 0.409. The van der Waals surface area contributed by atoms with E-state index >= 15 is 0 Å². The van der Waals surface area contributed by atoms with E-state index in [2.05, 4.69) is 184 Å². The maximum absolute atomic E-state index is 5.05. The number of benzene rings is 7. The normalized spacial score (nSPS) is 17.9. The Balaban J connectivity index is 0.963. The number of fused-ring (bicyclic) bond motifs is 6. The lowest BCUT2D eigenvalue weighted by Gasteiger charge is -2.32. The van der Waals surface area contributed by atoms with Crippen molar-refractivity contribution in [3.8, 4) is 11.1 Å². The fourth-order valence-electron chi connectivity index (χ4n) is 7.85. The minimum Gasteiger partial charge on any atom is -0.359 e. The van der Waals surface area contributed by atoms with Crippen molar-refractivity contribution in [2.24, 2.45) is 4.99 Å². The SMILES string of the molecule is c1ccc(C2=NC(c3ccccc3)NC(c3ccc(-c4ccc(C5Nc6c(c7ccccc7c7ccncc67)N5c5ccccc5)cc4)cc3)N2)cc1. The van der Waals surface area contributed by atoms with Gasteiger partial charge in [-0.1, -0.05) is 152 Å². The van der Waals surface area contributed by atoms with Crippen LogP contribution in [0.5, 0.6) is 0 Å². The number of amidine groups is 1. The largest absolute Gasteiger partial charge is 0.359 e. The Morgan fingerprint density at radius 1 is 0.472 bits per heavy atom. The molecule has 0 saturated carbocycles. The van der Waals surface area contributed by atoms with Crippen LogP contribution in [0.3, 0.4) is 0 Å². The van der Waals surface area contributed by atoms with Gasteiger partial charge in [0.2, 0.25) is 0 Å². The summed E-state index contributed by atoms with van der Waals surface area (Å²) in [5, 5.41) is 16.1. The molecule has 0 radical (unpaired) electrons. The molecule has 1 aromatic heterocycles. The van der Waals surface area contributed by atoms with E-state index in [0.717, 1.165) is 39.3 Å². The molecule has 6 heteroatoms. The second-order valence-corrected chi connectivity index (χ2v) is 13.6. The van der Waals surface area contributed by atoms with Gasteiger partial charge in [-0.05, 0) is 56.8 Å². The minimum atomic E-state index is -0.164. The molecule has 53 heavy (non-hydrogen) atoms. The molecule has 0 aliphatic carbocycles. The van der Waals surface area contributed by atoms with Gasteiger partial charge in [0.05, 0.1) is 11.4 Å². The number of nitrogens with zero attached hydrogens (tertiary/aromatic N) is 3. The lowest BCUT2D eigenvalue weighted by Crippen LogP contribution is -2.44. The van der Waals surface area contributed by atoms with Crippen molar-refractivity contribution >= 4 is 44.4 Å². The molecule has 3 heterocycles. The third-order valence-electron chi connectivity index (χ3n) is 10.4. The monoisotopic (exact) mass is 684 g/mol. The van der Waals surface area contributed by atoms with Crippen LogP contribution in [0.2, 0.25) is 0 Å². The first kappa shape index (κ1) is 31.0. The molecule has 6 nitrogen and oxygen atoms in total. The highest BCUT2D eigenvalue weighted by atomic mass is 15.3. The first-order valence-electron chi connectivity index (χ1n) is 18.1. The summed E-state index contributed by atoms with van der Waals surface area (Å²) in [6, 6.07) is 60.1. The van der Waals surface area contributed by atoms with E-state index in [1.165, 1.54) is 38.5 Å². The van der Waals surface area contributed by atoms with Crippen molar-refractivity contribution in [3.05, 3.63) is 205 Å². The zero-order chi connectivity index (χ0) is 35.1. The lowest BCUT2D eigenvalue weighted by atomic mass is 9.99. The maximum Gasteiger partial charge on any atom is 0.131 e. The summed E-state index contributed by atoms with van der Waals surface area (Å²) in [7, 11) is 0. The summed E-state index contributed by atoms with van der Waals surface area (Å²) >= 11 is 0. The predicted octanol–water partition coefficient (Wildman–Crippen LogP) is 10.7. The number of para-hydroxylation sites is 1.